The Morgan fingerprint density at radius 2 is 1.91 bits per heavy atom. The average molecular weight is 427 g/mol. The molecule has 4 heterocycles. The first-order valence-corrected chi connectivity index (χ1v) is 9.70. The topological polar surface area (TPSA) is 123 Å². The standard InChI is InChI=1S/C21H14FN9O/c22-15-7-12(18-4-6-25-30(18)10-13-3-5-23-11-24-13)8-19-20(15)28-29-31(19)14-1-2-16-17(9-14)27-21(32)26-16/h1-9,11H,10H2,(H2,26,27,32). The molecule has 10 nitrogen and oxygen atoms in total. The maximum Gasteiger partial charge on any atom is 0.323 e. The molecule has 0 saturated heterocycles. The van der Waals surface area contributed by atoms with Crippen LogP contribution in [0.15, 0.2) is 66.0 Å². The minimum Gasteiger partial charge on any atom is -0.306 e. The van der Waals surface area contributed by atoms with Gasteiger partial charge >= 0.3 is 5.69 Å². The number of hydrogen-bond acceptors (Lipinski definition) is 6. The lowest BCUT2D eigenvalue weighted by Gasteiger charge is -2.09. The van der Waals surface area contributed by atoms with E-state index in [4.69, 9.17) is 0 Å². The van der Waals surface area contributed by atoms with E-state index >= 15 is 0 Å². The minimum absolute atomic E-state index is 0.151. The Balaban J connectivity index is 1.47. The Hall–Kier alpha value is -4.67. The van der Waals surface area contributed by atoms with Crippen LogP contribution in [-0.4, -0.2) is 44.7 Å². The summed E-state index contributed by atoms with van der Waals surface area (Å²) in [5.41, 5.74) is 4.41. The van der Waals surface area contributed by atoms with Crippen LogP contribution in [0.4, 0.5) is 4.39 Å². The van der Waals surface area contributed by atoms with Crippen molar-refractivity contribution in [3.63, 3.8) is 0 Å². The van der Waals surface area contributed by atoms with E-state index in [0.29, 0.717) is 34.3 Å². The second kappa shape index (κ2) is 6.94. The number of aromatic amines is 2. The van der Waals surface area contributed by atoms with Crippen molar-refractivity contribution in [2.24, 2.45) is 0 Å². The fraction of sp³-hybridized carbons (Fsp3) is 0.0476. The molecular formula is C21H14FN9O. The third kappa shape index (κ3) is 2.95. The van der Waals surface area contributed by atoms with Crippen LogP contribution in [0.3, 0.4) is 0 Å². The van der Waals surface area contributed by atoms with E-state index in [1.54, 1.807) is 41.3 Å². The van der Waals surface area contributed by atoms with Gasteiger partial charge in [-0.2, -0.15) is 5.10 Å². The van der Waals surface area contributed by atoms with Crippen molar-refractivity contribution in [1.29, 1.82) is 0 Å². The van der Waals surface area contributed by atoms with E-state index in [1.807, 2.05) is 12.1 Å². The number of halogens is 1. The summed E-state index contributed by atoms with van der Waals surface area (Å²) < 4.78 is 18.2. The minimum atomic E-state index is -0.491. The van der Waals surface area contributed by atoms with Gasteiger partial charge in [0.25, 0.3) is 0 Å². The average Bonchev–Trinajstić information content (AvgIpc) is 3.51. The molecule has 0 unspecified atom stereocenters. The molecule has 0 aliphatic heterocycles. The van der Waals surface area contributed by atoms with Crippen LogP contribution in [0.25, 0.3) is 39.0 Å². The van der Waals surface area contributed by atoms with Gasteiger partial charge in [0.15, 0.2) is 5.82 Å². The molecule has 0 fully saturated rings. The quantitative estimate of drug-likeness (QED) is 0.445. The Morgan fingerprint density at radius 3 is 2.78 bits per heavy atom. The van der Waals surface area contributed by atoms with Crippen LogP contribution in [0.2, 0.25) is 0 Å². The number of hydrogen-bond donors (Lipinski definition) is 2. The maximum absolute atomic E-state index is 15.0. The zero-order chi connectivity index (χ0) is 21.7. The first kappa shape index (κ1) is 18.1. The van der Waals surface area contributed by atoms with E-state index in [2.05, 4.69) is 35.3 Å². The smallest absolute Gasteiger partial charge is 0.306 e. The highest BCUT2D eigenvalue weighted by Crippen LogP contribution is 2.28. The zero-order valence-corrected chi connectivity index (χ0v) is 16.4. The molecule has 0 spiro atoms. The molecule has 0 bridgehead atoms. The third-order valence-corrected chi connectivity index (χ3v) is 5.22. The Morgan fingerprint density at radius 1 is 1.00 bits per heavy atom. The summed E-state index contributed by atoms with van der Waals surface area (Å²) in [7, 11) is 0. The van der Waals surface area contributed by atoms with Crippen molar-refractivity contribution in [3.8, 4) is 16.9 Å². The van der Waals surface area contributed by atoms with Gasteiger partial charge in [-0.25, -0.2) is 23.8 Å². The van der Waals surface area contributed by atoms with Gasteiger partial charge in [0.1, 0.15) is 11.8 Å². The van der Waals surface area contributed by atoms with Gasteiger partial charge in [-0.05, 0) is 42.5 Å². The van der Waals surface area contributed by atoms with Crippen LogP contribution < -0.4 is 5.69 Å². The molecule has 0 amide bonds. The molecule has 156 valence electrons. The molecule has 0 aliphatic carbocycles. The van der Waals surface area contributed by atoms with Crippen LogP contribution in [-0.2, 0) is 6.54 Å². The number of H-pyrrole nitrogens is 2. The molecule has 6 rings (SSSR count). The monoisotopic (exact) mass is 427 g/mol. The highest BCUT2D eigenvalue weighted by atomic mass is 19.1. The summed E-state index contributed by atoms with van der Waals surface area (Å²) in [6, 6.07) is 12.1. The number of aromatic nitrogens is 9. The van der Waals surface area contributed by atoms with E-state index in [-0.39, 0.29) is 11.2 Å². The molecule has 4 aromatic heterocycles. The lowest BCUT2D eigenvalue weighted by molar-refractivity contribution is 0.635. The summed E-state index contributed by atoms with van der Waals surface area (Å²) in [6.45, 7) is 0.416. The van der Waals surface area contributed by atoms with Crippen LogP contribution in [0.1, 0.15) is 5.69 Å². The predicted octanol–water partition coefficient (Wildman–Crippen LogP) is 2.43. The Bertz CT molecular complexity index is 1640. The van der Waals surface area contributed by atoms with Crippen molar-refractivity contribution in [2.45, 2.75) is 6.54 Å². The normalized spacial score (nSPS) is 11.5. The summed E-state index contributed by atoms with van der Waals surface area (Å²) in [4.78, 5) is 25.1. The lowest BCUT2D eigenvalue weighted by Crippen LogP contribution is -2.05. The van der Waals surface area contributed by atoms with Crippen molar-refractivity contribution in [1.82, 2.24) is 44.7 Å². The largest absolute Gasteiger partial charge is 0.323 e. The van der Waals surface area contributed by atoms with E-state index in [9.17, 15) is 9.18 Å². The number of nitrogens with zero attached hydrogens (tertiary/aromatic N) is 7. The Labute approximate surface area is 178 Å². The molecule has 2 N–H and O–H groups in total. The van der Waals surface area contributed by atoms with Crippen molar-refractivity contribution < 1.29 is 4.39 Å². The molecule has 2 aromatic carbocycles. The highest BCUT2D eigenvalue weighted by Gasteiger charge is 2.16. The molecule has 6 aromatic rings. The van der Waals surface area contributed by atoms with Gasteiger partial charge in [-0.15, -0.1) is 5.10 Å². The molecule has 0 atom stereocenters. The van der Waals surface area contributed by atoms with Gasteiger partial charge in [0.2, 0.25) is 0 Å². The molecular weight excluding hydrogens is 413 g/mol. The van der Waals surface area contributed by atoms with Gasteiger partial charge in [0.05, 0.1) is 40.2 Å². The van der Waals surface area contributed by atoms with Crippen molar-refractivity contribution in [2.75, 3.05) is 0 Å². The second-order valence-electron chi connectivity index (χ2n) is 7.21. The first-order valence-electron chi connectivity index (χ1n) is 9.70. The number of benzene rings is 2. The summed E-state index contributed by atoms with van der Waals surface area (Å²) in [5.74, 6) is -0.491. The van der Waals surface area contributed by atoms with E-state index < -0.39 is 5.82 Å². The van der Waals surface area contributed by atoms with Gasteiger partial charge in [0, 0.05) is 18.0 Å². The maximum atomic E-state index is 15.0. The third-order valence-electron chi connectivity index (χ3n) is 5.22. The number of imidazole rings is 1. The van der Waals surface area contributed by atoms with E-state index in [1.165, 1.54) is 17.1 Å². The fourth-order valence-electron chi connectivity index (χ4n) is 3.74. The molecule has 0 radical (unpaired) electrons. The highest BCUT2D eigenvalue weighted by molar-refractivity contribution is 5.84. The molecule has 0 saturated carbocycles. The van der Waals surface area contributed by atoms with Gasteiger partial charge in [-0.1, -0.05) is 5.21 Å². The SMILES string of the molecule is O=c1[nH]c2ccc(-n3nnc4c(F)cc(-c5ccnn5Cc5ccncn5)cc43)cc2[nH]1. The second-order valence-corrected chi connectivity index (χ2v) is 7.21. The summed E-state index contributed by atoms with van der Waals surface area (Å²) in [5, 5.41) is 12.5. The van der Waals surface area contributed by atoms with E-state index in [0.717, 1.165) is 11.4 Å². The predicted molar refractivity (Wildman–Crippen MR) is 114 cm³/mol. The molecule has 32 heavy (non-hydrogen) atoms. The summed E-state index contributed by atoms with van der Waals surface area (Å²) >= 11 is 0. The Kier molecular flexibility index (Phi) is 3.93. The van der Waals surface area contributed by atoms with Gasteiger partial charge < -0.3 is 9.97 Å². The van der Waals surface area contributed by atoms with Gasteiger partial charge in [-0.3, -0.25) is 4.68 Å². The zero-order valence-electron chi connectivity index (χ0n) is 16.4. The lowest BCUT2D eigenvalue weighted by atomic mass is 10.1. The van der Waals surface area contributed by atoms with Crippen molar-refractivity contribution in [3.05, 3.63) is 83.2 Å². The fourth-order valence-corrected chi connectivity index (χ4v) is 3.74. The van der Waals surface area contributed by atoms with Crippen LogP contribution in [0, 0.1) is 5.82 Å². The van der Waals surface area contributed by atoms with Crippen molar-refractivity contribution >= 4 is 22.1 Å². The number of nitrogens with one attached hydrogen (secondary N) is 2. The van der Waals surface area contributed by atoms with Crippen LogP contribution >= 0.6 is 0 Å². The molecule has 0 aliphatic rings. The summed E-state index contributed by atoms with van der Waals surface area (Å²) in [6.07, 6.45) is 4.80. The van der Waals surface area contributed by atoms with Crippen LogP contribution in [0.5, 0.6) is 0 Å². The first-order chi connectivity index (χ1) is 15.7. The molecule has 11 heteroatoms. The number of rotatable bonds is 4. The number of fused-ring (bicyclic) bond motifs is 2.